The maximum atomic E-state index is 13.2. The second-order valence-electron chi connectivity index (χ2n) is 7.55. The molecule has 26 heavy (non-hydrogen) atoms. The zero-order chi connectivity index (χ0) is 18.6. The Morgan fingerprint density at radius 1 is 1.12 bits per heavy atom. The first kappa shape index (κ1) is 17.1. The molecule has 0 spiro atoms. The Kier molecular flexibility index (Phi) is 4.04. The van der Waals surface area contributed by atoms with Gasteiger partial charge in [0, 0.05) is 31.0 Å². The SMILES string of the molecule is CCCCn1c(=O)c2c(nc3n(C4CCCC4)c(C)c(C)n23)n(C)c1=O. The smallest absolute Gasteiger partial charge is 0.311 e. The summed E-state index contributed by atoms with van der Waals surface area (Å²) < 4.78 is 7.13. The highest BCUT2D eigenvalue weighted by molar-refractivity contribution is 5.76. The van der Waals surface area contributed by atoms with Crippen molar-refractivity contribution in [2.45, 2.75) is 71.9 Å². The second-order valence-corrected chi connectivity index (χ2v) is 7.55. The Labute approximate surface area is 151 Å². The first-order valence-electron chi connectivity index (χ1n) is 9.66. The van der Waals surface area contributed by atoms with E-state index in [1.807, 2.05) is 11.3 Å². The molecule has 0 saturated heterocycles. The molecule has 4 rings (SSSR count). The highest BCUT2D eigenvalue weighted by atomic mass is 16.2. The van der Waals surface area contributed by atoms with E-state index in [-0.39, 0.29) is 11.2 Å². The molecule has 140 valence electrons. The summed E-state index contributed by atoms with van der Waals surface area (Å²) in [6.45, 7) is 6.65. The van der Waals surface area contributed by atoms with Gasteiger partial charge in [0.25, 0.3) is 5.56 Å². The summed E-state index contributed by atoms with van der Waals surface area (Å²) in [5, 5.41) is 0. The zero-order valence-electron chi connectivity index (χ0n) is 16.1. The minimum Gasteiger partial charge on any atom is -0.311 e. The predicted molar refractivity (Wildman–Crippen MR) is 102 cm³/mol. The van der Waals surface area contributed by atoms with Gasteiger partial charge in [0.2, 0.25) is 5.78 Å². The van der Waals surface area contributed by atoms with Crippen LogP contribution in [0.2, 0.25) is 0 Å². The average Bonchev–Trinajstić information content (AvgIpc) is 3.32. The van der Waals surface area contributed by atoms with Gasteiger partial charge in [-0.2, -0.15) is 4.98 Å². The summed E-state index contributed by atoms with van der Waals surface area (Å²) in [5.74, 6) is 0.794. The Balaban J connectivity index is 2.10. The quantitative estimate of drug-likeness (QED) is 0.721. The lowest BCUT2D eigenvalue weighted by Crippen LogP contribution is -2.39. The molecule has 0 atom stereocenters. The average molecular weight is 357 g/mol. The van der Waals surface area contributed by atoms with Gasteiger partial charge in [-0.05, 0) is 33.1 Å². The molecule has 1 aliphatic carbocycles. The van der Waals surface area contributed by atoms with Crippen molar-refractivity contribution in [3.05, 3.63) is 32.2 Å². The number of hydrogen-bond donors (Lipinski definition) is 0. The molecular weight excluding hydrogens is 330 g/mol. The van der Waals surface area contributed by atoms with Gasteiger partial charge < -0.3 is 4.57 Å². The summed E-state index contributed by atoms with van der Waals surface area (Å²) in [4.78, 5) is 30.6. The third kappa shape index (κ3) is 2.22. The van der Waals surface area contributed by atoms with Crippen LogP contribution in [0.5, 0.6) is 0 Å². The van der Waals surface area contributed by atoms with Gasteiger partial charge in [-0.15, -0.1) is 0 Å². The molecule has 3 heterocycles. The van der Waals surface area contributed by atoms with Gasteiger partial charge in [-0.1, -0.05) is 26.2 Å². The summed E-state index contributed by atoms with van der Waals surface area (Å²) in [7, 11) is 1.71. The normalized spacial score (nSPS) is 15.7. The van der Waals surface area contributed by atoms with Crippen molar-refractivity contribution in [3.63, 3.8) is 0 Å². The number of hydrogen-bond acceptors (Lipinski definition) is 3. The van der Waals surface area contributed by atoms with E-state index in [4.69, 9.17) is 4.98 Å². The molecular formula is C19H27N5O2. The van der Waals surface area contributed by atoms with E-state index in [1.165, 1.54) is 22.0 Å². The number of aryl methyl sites for hydroxylation is 2. The van der Waals surface area contributed by atoms with Gasteiger partial charge >= 0.3 is 5.69 Å². The van der Waals surface area contributed by atoms with Crippen molar-refractivity contribution in [3.8, 4) is 0 Å². The standard InChI is InChI=1S/C19H27N5O2/c1-5-6-11-22-17(25)15-16(21(4)19(22)26)20-18-23(14-9-7-8-10-14)12(2)13(3)24(15)18/h14H,5-11H2,1-4H3. The fraction of sp³-hybridized carbons (Fsp3) is 0.632. The lowest BCUT2D eigenvalue weighted by atomic mass is 10.2. The molecule has 3 aromatic rings. The van der Waals surface area contributed by atoms with E-state index in [2.05, 4.69) is 18.4 Å². The molecule has 1 fully saturated rings. The fourth-order valence-corrected chi connectivity index (χ4v) is 4.39. The Bertz CT molecular complexity index is 1110. The minimum atomic E-state index is -0.279. The van der Waals surface area contributed by atoms with E-state index in [1.54, 1.807) is 7.05 Å². The van der Waals surface area contributed by atoms with Crippen LogP contribution in [0.25, 0.3) is 16.9 Å². The van der Waals surface area contributed by atoms with Gasteiger partial charge in [0.05, 0.1) is 0 Å². The van der Waals surface area contributed by atoms with Crippen LogP contribution in [0.15, 0.2) is 9.59 Å². The molecule has 1 saturated carbocycles. The fourth-order valence-electron chi connectivity index (χ4n) is 4.39. The number of fused-ring (bicyclic) bond motifs is 3. The van der Waals surface area contributed by atoms with Crippen molar-refractivity contribution < 1.29 is 0 Å². The van der Waals surface area contributed by atoms with Crippen LogP contribution >= 0.6 is 0 Å². The van der Waals surface area contributed by atoms with Crippen molar-refractivity contribution in [1.82, 2.24) is 23.1 Å². The minimum absolute atomic E-state index is 0.226. The van der Waals surface area contributed by atoms with Crippen LogP contribution in [-0.2, 0) is 13.6 Å². The van der Waals surface area contributed by atoms with Crippen LogP contribution in [0, 0.1) is 13.8 Å². The molecule has 3 aromatic heterocycles. The van der Waals surface area contributed by atoms with Crippen molar-refractivity contribution in [2.75, 3.05) is 0 Å². The predicted octanol–water partition coefficient (Wildman–Crippen LogP) is 2.68. The largest absolute Gasteiger partial charge is 0.332 e. The monoisotopic (exact) mass is 357 g/mol. The number of aromatic nitrogens is 5. The molecule has 0 aromatic carbocycles. The van der Waals surface area contributed by atoms with Crippen molar-refractivity contribution in [1.29, 1.82) is 0 Å². The Morgan fingerprint density at radius 2 is 1.81 bits per heavy atom. The Hall–Kier alpha value is -2.31. The lowest BCUT2D eigenvalue weighted by Gasteiger charge is -2.13. The van der Waals surface area contributed by atoms with E-state index < -0.39 is 0 Å². The zero-order valence-corrected chi connectivity index (χ0v) is 16.1. The Morgan fingerprint density at radius 3 is 2.46 bits per heavy atom. The number of unbranched alkanes of at least 4 members (excludes halogenated alkanes) is 1. The number of nitrogens with zero attached hydrogens (tertiary/aromatic N) is 5. The maximum Gasteiger partial charge on any atom is 0.332 e. The maximum absolute atomic E-state index is 13.2. The first-order chi connectivity index (χ1) is 12.5. The molecule has 0 unspecified atom stereocenters. The first-order valence-corrected chi connectivity index (χ1v) is 9.66. The second kappa shape index (κ2) is 6.14. The molecule has 1 aliphatic rings. The van der Waals surface area contributed by atoms with Gasteiger partial charge in [-0.25, -0.2) is 4.79 Å². The molecule has 7 nitrogen and oxygen atoms in total. The summed E-state index contributed by atoms with van der Waals surface area (Å²) in [6, 6.07) is 0.433. The topological polar surface area (TPSA) is 66.2 Å². The molecule has 7 heteroatoms. The van der Waals surface area contributed by atoms with Crippen LogP contribution in [0.1, 0.15) is 62.9 Å². The van der Waals surface area contributed by atoms with Crippen LogP contribution < -0.4 is 11.2 Å². The van der Waals surface area contributed by atoms with Gasteiger partial charge in [0.15, 0.2) is 11.2 Å². The van der Waals surface area contributed by atoms with E-state index in [9.17, 15) is 9.59 Å². The molecule has 0 bridgehead atoms. The summed E-state index contributed by atoms with van der Waals surface area (Å²) in [5.41, 5.74) is 2.70. The van der Waals surface area contributed by atoms with Crippen LogP contribution in [0.3, 0.4) is 0 Å². The number of imidazole rings is 2. The summed E-state index contributed by atoms with van der Waals surface area (Å²) >= 11 is 0. The van der Waals surface area contributed by atoms with E-state index in [0.717, 1.165) is 42.8 Å². The van der Waals surface area contributed by atoms with E-state index >= 15 is 0 Å². The molecule has 0 radical (unpaired) electrons. The highest BCUT2D eigenvalue weighted by Gasteiger charge is 2.27. The van der Waals surface area contributed by atoms with Gasteiger partial charge in [0.1, 0.15) is 0 Å². The number of rotatable bonds is 4. The molecule has 0 amide bonds. The lowest BCUT2D eigenvalue weighted by molar-refractivity contribution is 0.520. The third-order valence-electron chi connectivity index (χ3n) is 5.99. The van der Waals surface area contributed by atoms with Crippen molar-refractivity contribution in [2.24, 2.45) is 7.05 Å². The molecule has 0 N–H and O–H groups in total. The third-order valence-corrected chi connectivity index (χ3v) is 5.99. The van der Waals surface area contributed by atoms with Crippen LogP contribution in [0.4, 0.5) is 0 Å². The van der Waals surface area contributed by atoms with Gasteiger partial charge in [-0.3, -0.25) is 18.3 Å². The van der Waals surface area contributed by atoms with Crippen LogP contribution in [-0.4, -0.2) is 23.1 Å². The molecule has 0 aliphatic heterocycles. The van der Waals surface area contributed by atoms with E-state index in [0.29, 0.717) is 23.8 Å². The highest BCUT2D eigenvalue weighted by Crippen LogP contribution is 2.34. The van der Waals surface area contributed by atoms with Crippen molar-refractivity contribution >= 4 is 16.9 Å². The summed E-state index contributed by atoms with van der Waals surface area (Å²) in [6.07, 6.45) is 6.50.